The van der Waals surface area contributed by atoms with Gasteiger partial charge in [-0.1, -0.05) is 0 Å². The molecule has 3 aromatic rings. The van der Waals surface area contributed by atoms with Crippen molar-refractivity contribution >= 4 is 34.0 Å². The molecule has 5 rings (SSSR count). The number of hydrogen-bond acceptors (Lipinski definition) is 8. The molecule has 35 heavy (non-hydrogen) atoms. The number of carbonyl (C=O) groups excluding carboxylic acids is 1. The van der Waals surface area contributed by atoms with Crippen molar-refractivity contribution in [1.29, 1.82) is 0 Å². The molecule has 0 spiro atoms. The summed E-state index contributed by atoms with van der Waals surface area (Å²) in [7, 11) is 1.57. The Labute approximate surface area is 206 Å². The Hall–Kier alpha value is -3.25. The summed E-state index contributed by atoms with van der Waals surface area (Å²) in [5.74, 6) is 0.824. The minimum Gasteiger partial charge on any atom is -0.465 e. The number of piperidine rings is 1. The van der Waals surface area contributed by atoms with Crippen molar-refractivity contribution in [1.82, 2.24) is 29.4 Å². The molecule has 2 aliphatic rings. The minimum atomic E-state index is -0.956. The lowest BCUT2D eigenvalue weighted by molar-refractivity contribution is 0.0638. The van der Waals surface area contributed by atoms with Crippen LogP contribution < -0.4 is 5.32 Å². The van der Waals surface area contributed by atoms with E-state index in [1.165, 1.54) is 16.2 Å². The van der Waals surface area contributed by atoms with Gasteiger partial charge in [-0.15, -0.1) is 11.3 Å². The molecule has 0 unspecified atom stereocenters. The van der Waals surface area contributed by atoms with Crippen molar-refractivity contribution < 1.29 is 19.8 Å². The Morgan fingerprint density at radius 2 is 1.89 bits per heavy atom. The summed E-state index contributed by atoms with van der Waals surface area (Å²) in [5, 5.41) is 28.8. The third-order valence-electron chi connectivity index (χ3n) is 6.97. The van der Waals surface area contributed by atoms with Gasteiger partial charge in [0.1, 0.15) is 16.3 Å². The summed E-state index contributed by atoms with van der Waals surface area (Å²) in [4.78, 5) is 38.1. The van der Waals surface area contributed by atoms with E-state index in [4.69, 9.17) is 4.98 Å². The van der Waals surface area contributed by atoms with Gasteiger partial charge in [0.2, 0.25) is 0 Å². The van der Waals surface area contributed by atoms with Gasteiger partial charge in [-0.3, -0.25) is 4.79 Å². The van der Waals surface area contributed by atoms with Crippen LogP contribution in [-0.4, -0.2) is 89.9 Å². The number of hydrogen-bond donors (Lipinski definition) is 3. The summed E-state index contributed by atoms with van der Waals surface area (Å²) < 4.78 is 1.76. The van der Waals surface area contributed by atoms with E-state index in [0.717, 1.165) is 36.1 Å². The monoisotopic (exact) mass is 499 g/mol. The highest BCUT2D eigenvalue weighted by molar-refractivity contribution is 7.16. The lowest BCUT2D eigenvalue weighted by atomic mass is 9.93. The number of nitrogens with one attached hydrogen (secondary N) is 1. The Balaban J connectivity index is 1.40. The summed E-state index contributed by atoms with van der Waals surface area (Å²) in [5.41, 5.74) is 1.06. The molecule has 12 heteroatoms. The van der Waals surface area contributed by atoms with Gasteiger partial charge in [0, 0.05) is 49.9 Å². The topological polar surface area (TPSA) is 136 Å². The predicted octanol–water partition coefficient (Wildman–Crippen LogP) is 2.78. The number of likely N-dealkylation sites (tertiary alicyclic amines) is 1. The number of aliphatic hydroxyl groups excluding tert-OH is 1. The van der Waals surface area contributed by atoms with Crippen LogP contribution in [0.2, 0.25) is 0 Å². The van der Waals surface area contributed by atoms with Gasteiger partial charge in [-0.2, -0.15) is 5.10 Å². The molecule has 0 bridgehead atoms. The Morgan fingerprint density at radius 1 is 1.14 bits per heavy atom. The van der Waals surface area contributed by atoms with Crippen LogP contribution in [0.15, 0.2) is 23.8 Å². The van der Waals surface area contributed by atoms with Crippen molar-refractivity contribution in [2.75, 3.05) is 25.5 Å². The van der Waals surface area contributed by atoms with Gasteiger partial charge in [-0.25, -0.2) is 19.3 Å². The van der Waals surface area contributed by atoms with Crippen LogP contribution in [0.1, 0.15) is 49.0 Å². The average Bonchev–Trinajstić information content (AvgIpc) is 3.49. The number of carboxylic acid groups (broad SMARTS) is 1. The first-order chi connectivity index (χ1) is 16.9. The minimum absolute atomic E-state index is 0.101. The fourth-order valence-electron chi connectivity index (χ4n) is 4.84. The lowest BCUT2D eigenvalue weighted by Gasteiger charge is -2.35. The third-order valence-corrected chi connectivity index (χ3v) is 7.86. The van der Waals surface area contributed by atoms with Crippen LogP contribution in [0.25, 0.3) is 16.2 Å². The van der Waals surface area contributed by atoms with Gasteiger partial charge < -0.3 is 25.3 Å². The van der Waals surface area contributed by atoms with Crippen molar-refractivity contribution in [2.24, 2.45) is 0 Å². The Morgan fingerprint density at radius 3 is 2.60 bits per heavy atom. The molecule has 1 saturated carbocycles. The summed E-state index contributed by atoms with van der Waals surface area (Å²) in [6.45, 7) is 0.930. The fraction of sp³-hybridized carbons (Fsp3) is 0.522. The third kappa shape index (κ3) is 4.94. The molecule has 0 radical (unpaired) electrons. The Bertz CT molecular complexity index is 1210. The number of amides is 2. The van der Waals surface area contributed by atoms with Crippen LogP contribution in [0.4, 0.5) is 10.6 Å². The molecule has 1 aliphatic carbocycles. The maximum Gasteiger partial charge on any atom is 0.407 e. The second kappa shape index (κ2) is 9.78. The van der Waals surface area contributed by atoms with E-state index in [2.05, 4.69) is 15.4 Å². The van der Waals surface area contributed by atoms with Crippen LogP contribution in [0.5, 0.6) is 0 Å². The zero-order chi connectivity index (χ0) is 24.5. The maximum atomic E-state index is 13.5. The number of carbonyl (C=O) groups is 2. The summed E-state index contributed by atoms with van der Waals surface area (Å²) in [6.07, 6.45) is 6.67. The lowest BCUT2D eigenvalue weighted by Crippen LogP contribution is -2.47. The molecule has 2 fully saturated rings. The van der Waals surface area contributed by atoms with Crippen LogP contribution in [-0.2, 0) is 0 Å². The molecule has 0 aromatic carbocycles. The average molecular weight is 500 g/mol. The molecule has 3 N–H and O–H groups in total. The van der Waals surface area contributed by atoms with E-state index in [1.807, 2.05) is 11.6 Å². The maximum absolute atomic E-state index is 13.5. The van der Waals surface area contributed by atoms with Gasteiger partial charge in [-0.05, 0) is 38.5 Å². The van der Waals surface area contributed by atoms with E-state index in [1.54, 1.807) is 28.7 Å². The SMILES string of the molecule is CN(C(=O)O)C1CCN(C(=O)c2cc(N[C@H]3CC[C@@H](O)CC3)nc(-c3cnn4ccsc34)n2)CC1. The molecule has 0 atom stereocenters. The number of aliphatic hydroxyl groups is 1. The number of thiazole rings is 1. The molecule has 4 heterocycles. The van der Waals surface area contributed by atoms with Crippen LogP contribution >= 0.6 is 11.3 Å². The first-order valence-electron chi connectivity index (χ1n) is 11.9. The van der Waals surface area contributed by atoms with Crippen LogP contribution in [0.3, 0.4) is 0 Å². The van der Waals surface area contributed by atoms with E-state index < -0.39 is 6.09 Å². The van der Waals surface area contributed by atoms with E-state index in [0.29, 0.717) is 43.3 Å². The molecule has 1 saturated heterocycles. The first-order valence-corrected chi connectivity index (χ1v) is 12.8. The smallest absolute Gasteiger partial charge is 0.407 e. The van der Waals surface area contributed by atoms with Gasteiger partial charge in [0.25, 0.3) is 5.91 Å². The van der Waals surface area contributed by atoms with Crippen LogP contribution in [0, 0.1) is 0 Å². The van der Waals surface area contributed by atoms with Crippen molar-refractivity contribution in [3.63, 3.8) is 0 Å². The highest BCUT2D eigenvalue weighted by Crippen LogP contribution is 2.28. The van der Waals surface area contributed by atoms with E-state index >= 15 is 0 Å². The van der Waals surface area contributed by atoms with Crippen molar-refractivity contribution in [2.45, 2.75) is 56.7 Å². The largest absolute Gasteiger partial charge is 0.465 e. The van der Waals surface area contributed by atoms with E-state index in [-0.39, 0.29) is 24.1 Å². The zero-order valence-corrected chi connectivity index (χ0v) is 20.3. The highest BCUT2D eigenvalue weighted by atomic mass is 32.1. The summed E-state index contributed by atoms with van der Waals surface area (Å²) in [6, 6.07) is 1.76. The molecule has 11 nitrogen and oxygen atoms in total. The predicted molar refractivity (Wildman–Crippen MR) is 131 cm³/mol. The molecular formula is C23H29N7O4S. The van der Waals surface area contributed by atoms with Gasteiger partial charge >= 0.3 is 6.09 Å². The van der Waals surface area contributed by atoms with Crippen molar-refractivity contribution in [3.8, 4) is 11.4 Å². The van der Waals surface area contributed by atoms with Gasteiger partial charge in [0.05, 0.1) is 17.9 Å². The standard InChI is InChI=1S/C23H29N7O4S/c1-28(23(33)34)15-6-8-29(9-7-15)21(32)18-12-19(25-14-2-4-16(31)5-3-14)27-20(26-18)17-13-24-30-10-11-35-22(17)30/h10-16,31H,2-9H2,1H3,(H,33,34)(H,25,26,27)/t14-,16+. The van der Waals surface area contributed by atoms with E-state index in [9.17, 15) is 19.8 Å². The first kappa shape index (κ1) is 23.5. The molecule has 186 valence electrons. The number of fused-ring (bicyclic) bond motifs is 1. The fourth-order valence-corrected chi connectivity index (χ4v) is 5.63. The highest BCUT2D eigenvalue weighted by Gasteiger charge is 2.29. The number of rotatable bonds is 5. The molecule has 2 amide bonds. The molecular weight excluding hydrogens is 470 g/mol. The van der Waals surface area contributed by atoms with Crippen molar-refractivity contribution in [3.05, 3.63) is 29.5 Å². The number of anilines is 1. The Kier molecular flexibility index (Phi) is 6.56. The quantitative estimate of drug-likeness (QED) is 0.488. The second-order valence-corrected chi connectivity index (χ2v) is 10.1. The molecule has 1 aliphatic heterocycles. The number of aromatic nitrogens is 4. The molecule has 3 aromatic heterocycles. The summed E-state index contributed by atoms with van der Waals surface area (Å²) >= 11 is 1.53. The number of nitrogens with zero attached hydrogens (tertiary/aromatic N) is 6. The van der Waals surface area contributed by atoms with Gasteiger partial charge in [0.15, 0.2) is 5.82 Å². The second-order valence-electron chi connectivity index (χ2n) is 9.24. The zero-order valence-electron chi connectivity index (χ0n) is 19.5. The normalized spacial score (nSPS) is 21.3.